The molecule has 17 aromatic rings. The van der Waals surface area contributed by atoms with E-state index in [-0.39, 0.29) is 5.56 Å². The van der Waals surface area contributed by atoms with Crippen molar-refractivity contribution in [2.45, 2.75) is 0 Å². The molecule has 0 spiro atoms. The number of rotatable bonds is 0. The molecule has 0 saturated carbocycles. The highest BCUT2D eigenvalue weighted by atomic mass is 16.1. The molecule has 0 aliphatic carbocycles. The van der Waals surface area contributed by atoms with Crippen LogP contribution in [-0.2, 0) is 0 Å². The molecule has 62 heavy (non-hydrogen) atoms. The highest BCUT2D eigenvalue weighted by Crippen LogP contribution is 2.52. The number of hydrogen-bond donors (Lipinski definition) is 1. The molecule has 0 unspecified atom stereocenters. The van der Waals surface area contributed by atoms with Crippen LogP contribution in [0.25, 0.3) is 163 Å². The van der Waals surface area contributed by atoms with Gasteiger partial charge in [0, 0.05) is 32.3 Å². The predicted octanol–water partition coefficient (Wildman–Crippen LogP) is 13.2. The lowest BCUT2D eigenvalue weighted by molar-refractivity contribution is 1.07. The van der Waals surface area contributed by atoms with Gasteiger partial charge in [0.1, 0.15) is 16.8 Å². The van der Waals surface area contributed by atoms with Crippen molar-refractivity contribution in [3.8, 4) is 0 Å². The van der Waals surface area contributed by atoms with E-state index in [9.17, 15) is 10.2 Å². The molecular weight excluding hydrogens is 759 g/mol. The summed E-state index contributed by atoms with van der Waals surface area (Å²) in [7, 11) is 0. The van der Waals surface area contributed by atoms with Crippen molar-refractivity contribution in [3.05, 3.63) is 161 Å². The summed E-state index contributed by atoms with van der Waals surface area (Å²) < 4.78 is 3.80. The molecular formula is C56H25N5O. The summed E-state index contributed by atoms with van der Waals surface area (Å²) in [5.74, 6) is 0. The maximum absolute atomic E-state index is 14.3. The van der Waals surface area contributed by atoms with E-state index in [0.717, 1.165) is 76.2 Å². The minimum atomic E-state index is -0.0270. The first kappa shape index (κ1) is 30.5. The number of aromatic nitrogens is 4. The smallest absolute Gasteiger partial charge is 0.264 e. The molecule has 0 aliphatic rings. The molecule has 17 rings (SSSR count). The second kappa shape index (κ2) is 9.76. The quantitative estimate of drug-likeness (QED) is 0.123. The first-order valence-electron chi connectivity index (χ1n) is 21.1. The van der Waals surface area contributed by atoms with Crippen LogP contribution in [0.5, 0.6) is 0 Å². The van der Waals surface area contributed by atoms with Gasteiger partial charge < -0.3 is 0 Å². The Kier molecular flexibility index (Phi) is 4.81. The molecule has 0 saturated heterocycles. The van der Waals surface area contributed by atoms with Gasteiger partial charge in [0.05, 0.1) is 22.1 Å². The van der Waals surface area contributed by atoms with Gasteiger partial charge in [-0.1, -0.05) is 97.1 Å². The third-order valence-corrected chi connectivity index (χ3v) is 14.9. The SMILES string of the molecule is N=c1c2ccc3c4ccc5c6ccc7c8ccc9c%10c(ccc(c%11ccc(c%12ccc(c%13ccc(c2c%133)c2nc3ccccc3n12)c4c%125)c6c%117)c8%10)c(=O)n1c2ccccc2nc91. The van der Waals surface area contributed by atoms with E-state index in [0.29, 0.717) is 11.1 Å². The third kappa shape index (κ3) is 3.11. The summed E-state index contributed by atoms with van der Waals surface area (Å²) in [4.78, 5) is 24.4. The Morgan fingerprint density at radius 2 is 0.581 bits per heavy atom. The Labute approximate surface area is 346 Å². The highest BCUT2D eigenvalue weighted by Gasteiger charge is 2.25. The predicted molar refractivity (Wildman–Crippen MR) is 257 cm³/mol. The summed E-state index contributed by atoms with van der Waals surface area (Å²) in [5, 5.41) is 37.4. The van der Waals surface area contributed by atoms with Crippen molar-refractivity contribution in [1.82, 2.24) is 18.8 Å². The number of nitrogens with zero attached hydrogens (tertiary/aromatic N) is 4. The van der Waals surface area contributed by atoms with E-state index in [1.807, 2.05) is 52.9 Å². The third-order valence-electron chi connectivity index (χ3n) is 14.9. The lowest BCUT2D eigenvalue weighted by Gasteiger charge is -2.22. The number of benzene rings is 13. The van der Waals surface area contributed by atoms with Crippen LogP contribution in [0, 0.1) is 5.41 Å². The largest absolute Gasteiger partial charge is 0.283 e. The maximum atomic E-state index is 14.3. The van der Waals surface area contributed by atoms with Crippen LogP contribution in [-0.4, -0.2) is 18.8 Å². The fraction of sp³-hybridized carbons (Fsp3) is 0. The second-order valence-electron chi connectivity index (χ2n) is 17.5. The van der Waals surface area contributed by atoms with Gasteiger partial charge in [-0.3, -0.25) is 19.0 Å². The van der Waals surface area contributed by atoms with Crippen molar-refractivity contribution >= 4 is 163 Å². The monoisotopic (exact) mass is 783 g/mol. The molecule has 0 bridgehead atoms. The molecule has 6 nitrogen and oxygen atoms in total. The maximum Gasteiger partial charge on any atom is 0.264 e. The van der Waals surface area contributed by atoms with Crippen LogP contribution < -0.4 is 11.0 Å². The lowest BCUT2D eigenvalue weighted by Crippen LogP contribution is -2.13. The topological polar surface area (TPSA) is 75.5 Å². The van der Waals surface area contributed by atoms with Gasteiger partial charge in [-0.05, 0) is 145 Å². The molecule has 6 heteroatoms. The van der Waals surface area contributed by atoms with Crippen molar-refractivity contribution in [2.75, 3.05) is 0 Å². The van der Waals surface area contributed by atoms with Gasteiger partial charge in [-0.2, -0.15) is 0 Å². The fourth-order valence-electron chi connectivity index (χ4n) is 12.5. The average molecular weight is 784 g/mol. The van der Waals surface area contributed by atoms with Gasteiger partial charge in [-0.15, -0.1) is 0 Å². The molecule has 0 radical (unpaired) electrons. The summed E-state index contributed by atoms with van der Waals surface area (Å²) in [6.07, 6.45) is 0. The van der Waals surface area contributed by atoms with Crippen LogP contribution >= 0.6 is 0 Å². The molecule has 0 amide bonds. The van der Waals surface area contributed by atoms with Crippen molar-refractivity contribution in [3.63, 3.8) is 0 Å². The Morgan fingerprint density at radius 1 is 0.306 bits per heavy atom. The number of nitrogens with one attached hydrogen (secondary N) is 1. The van der Waals surface area contributed by atoms with Gasteiger partial charge in [-0.25, -0.2) is 9.97 Å². The van der Waals surface area contributed by atoms with E-state index in [4.69, 9.17) is 9.97 Å². The first-order chi connectivity index (χ1) is 30.6. The van der Waals surface area contributed by atoms with Gasteiger partial charge >= 0.3 is 0 Å². The molecule has 0 fully saturated rings. The number of imidazole rings is 2. The zero-order chi connectivity index (χ0) is 40.0. The zero-order valence-corrected chi connectivity index (χ0v) is 32.6. The molecule has 280 valence electrons. The van der Waals surface area contributed by atoms with Gasteiger partial charge in [0.25, 0.3) is 5.56 Å². The summed E-state index contributed by atoms with van der Waals surface area (Å²) in [6.45, 7) is 0. The van der Waals surface area contributed by atoms with Crippen molar-refractivity contribution < 1.29 is 0 Å². The molecule has 4 heterocycles. The Hall–Kier alpha value is -8.48. The molecule has 1 N–H and O–H groups in total. The normalized spacial score (nSPS) is 13.3. The summed E-state index contributed by atoms with van der Waals surface area (Å²) >= 11 is 0. The van der Waals surface area contributed by atoms with Crippen LogP contribution in [0.1, 0.15) is 0 Å². The van der Waals surface area contributed by atoms with Gasteiger partial charge in [0.15, 0.2) is 0 Å². The standard InChI is InChI=1S/C56H25N5O/c57-53-37-21-17-33-29-13-9-25-27-11-15-31-35-19-23-39-52-40(56(62)61-44-8-4-2-6-42(44)59-55(39)61)24-20-36(50(35)52)32-16-12-28(46(27)48(31)32)26-10-14-30(47(29)45(25)26)34-18-22-38(51(37)49(33)34)54-58-41-5-1-3-7-43(41)60(53)54/h1-24,57H. The lowest BCUT2D eigenvalue weighted by atomic mass is 9.81. The fourth-order valence-corrected chi connectivity index (χ4v) is 12.5. The van der Waals surface area contributed by atoms with E-state index >= 15 is 0 Å². The van der Waals surface area contributed by atoms with Gasteiger partial charge in [0.2, 0.25) is 0 Å². The van der Waals surface area contributed by atoms with E-state index in [1.54, 1.807) is 4.40 Å². The number of pyridine rings is 2. The number of hydrogen-bond acceptors (Lipinski definition) is 4. The minimum absolute atomic E-state index is 0.0270. The van der Waals surface area contributed by atoms with Crippen molar-refractivity contribution in [1.29, 1.82) is 5.41 Å². The molecule has 0 aliphatic heterocycles. The molecule has 4 aromatic heterocycles. The van der Waals surface area contributed by atoms with Crippen LogP contribution in [0.4, 0.5) is 0 Å². The Balaban J connectivity index is 1.01. The molecule has 13 aromatic carbocycles. The van der Waals surface area contributed by atoms with E-state index in [2.05, 4.69) is 97.1 Å². The van der Waals surface area contributed by atoms with E-state index < -0.39 is 0 Å². The van der Waals surface area contributed by atoms with Crippen LogP contribution in [0.15, 0.2) is 150 Å². The highest BCUT2D eigenvalue weighted by molar-refractivity contribution is 6.47. The Bertz CT molecular complexity index is 4640. The zero-order valence-electron chi connectivity index (χ0n) is 32.6. The molecule has 0 atom stereocenters. The second-order valence-corrected chi connectivity index (χ2v) is 17.5. The average Bonchev–Trinajstić information content (AvgIpc) is 3.91. The van der Waals surface area contributed by atoms with Crippen LogP contribution in [0.3, 0.4) is 0 Å². The summed E-state index contributed by atoms with van der Waals surface area (Å²) in [5.41, 5.74) is 5.51. The van der Waals surface area contributed by atoms with Crippen LogP contribution in [0.2, 0.25) is 0 Å². The van der Waals surface area contributed by atoms with Crippen molar-refractivity contribution in [2.24, 2.45) is 0 Å². The minimum Gasteiger partial charge on any atom is -0.283 e. The Morgan fingerprint density at radius 3 is 0.984 bits per heavy atom. The number of fused-ring (bicyclic) bond motifs is 14. The van der Waals surface area contributed by atoms with E-state index in [1.165, 1.54) is 80.8 Å². The first-order valence-corrected chi connectivity index (χ1v) is 21.1. The number of para-hydroxylation sites is 4. The summed E-state index contributed by atoms with van der Waals surface area (Å²) in [6, 6.07) is 52.3.